The van der Waals surface area contributed by atoms with Crippen molar-refractivity contribution < 1.29 is 13.9 Å². The largest absolute Gasteiger partial charge is 0.492 e. The highest BCUT2D eigenvalue weighted by Crippen LogP contribution is 2.42. The van der Waals surface area contributed by atoms with E-state index in [1.807, 2.05) is 0 Å². The van der Waals surface area contributed by atoms with Crippen LogP contribution < -0.4 is 21.1 Å². The number of nitrogen functional groups attached to an aromatic ring is 1. The molecule has 0 bridgehead atoms. The van der Waals surface area contributed by atoms with E-state index in [4.69, 9.17) is 10.5 Å². The molecule has 0 aliphatic carbocycles. The average molecular weight is 309 g/mol. The third kappa shape index (κ3) is 3.25. The van der Waals surface area contributed by atoms with Crippen molar-refractivity contribution in [3.63, 3.8) is 0 Å². The molecule has 1 amide bonds. The van der Waals surface area contributed by atoms with Gasteiger partial charge in [0.2, 0.25) is 0 Å². The lowest BCUT2D eigenvalue weighted by atomic mass is 10.2. The van der Waals surface area contributed by atoms with Crippen LogP contribution in [0.3, 0.4) is 0 Å². The summed E-state index contributed by atoms with van der Waals surface area (Å²) in [6.07, 6.45) is 0. The van der Waals surface area contributed by atoms with Crippen molar-refractivity contribution in [1.29, 1.82) is 0 Å². The predicted molar refractivity (Wildman–Crippen MR) is 82.4 cm³/mol. The number of nitrogens with one attached hydrogen (secondary N) is 2. The Bertz CT molecular complexity index is 658. The maximum Gasteiger partial charge on any atom is 0.263 e. The molecule has 1 aromatic carbocycles. The number of anilines is 2. The number of ether oxygens (including phenoxy) is 1. The van der Waals surface area contributed by atoms with Gasteiger partial charge in [-0.15, -0.1) is 11.3 Å². The fourth-order valence-corrected chi connectivity index (χ4v) is 2.89. The quantitative estimate of drug-likeness (QED) is 0.793. The second-order valence-electron chi connectivity index (χ2n) is 4.27. The van der Waals surface area contributed by atoms with Crippen molar-refractivity contribution in [2.45, 2.75) is 6.54 Å². The molecule has 1 heterocycles. The molecule has 5 nitrogen and oxygen atoms in total. The molecule has 21 heavy (non-hydrogen) atoms. The zero-order valence-electron chi connectivity index (χ0n) is 11.7. The molecular weight excluding hydrogens is 293 g/mol. The number of methoxy groups -OCH3 is 1. The number of hydrogen-bond acceptors (Lipinski definition) is 5. The van der Waals surface area contributed by atoms with Crippen molar-refractivity contribution in [3.8, 4) is 5.75 Å². The van der Waals surface area contributed by atoms with Gasteiger partial charge in [0, 0.05) is 13.6 Å². The zero-order chi connectivity index (χ0) is 15.4. The third-order valence-electron chi connectivity index (χ3n) is 2.88. The van der Waals surface area contributed by atoms with E-state index in [0.29, 0.717) is 27.9 Å². The summed E-state index contributed by atoms with van der Waals surface area (Å²) in [5, 5.41) is 6.28. The first-order valence-corrected chi connectivity index (χ1v) is 7.05. The van der Waals surface area contributed by atoms with Gasteiger partial charge in [-0.1, -0.05) is 12.1 Å². The summed E-state index contributed by atoms with van der Waals surface area (Å²) in [6.45, 7) is 0.404. The number of carbonyl (C=O) groups is 1. The van der Waals surface area contributed by atoms with Crippen molar-refractivity contribution in [2.24, 2.45) is 0 Å². The van der Waals surface area contributed by atoms with Gasteiger partial charge in [0.05, 0.1) is 7.11 Å². The minimum Gasteiger partial charge on any atom is -0.492 e. The molecule has 0 saturated heterocycles. The van der Waals surface area contributed by atoms with Gasteiger partial charge < -0.3 is 21.1 Å². The number of benzene rings is 1. The summed E-state index contributed by atoms with van der Waals surface area (Å²) in [5.41, 5.74) is 6.99. The van der Waals surface area contributed by atoms with Crippen LogP contribution in [-0.2, 0) is 6.54 Å². The maximum atomic E-state index is 13.1. The first-order chi connectivity index (χ1) is 10.1. The molecule has 0 aliphatic rings. The average Bonchev–Trinajstić information content (AvgIpc) is 2.80. The monoisotopic (exact) mass is 309 g/mol. The molecule has 112 valence electrons. The van der Waals surface area contributed by atoms with E-state index in [2.05, 4.69) is 10.6 Å². The van der Waals surface area contributed by atoms with Gasteiger partial charge in [0.15, 0.2) is 5.75 Å². The summed E-state index contributed by atoms with van der Waals surface area (Å²) >= 11 is 1.20. The highest BCUT2D eigenvalue weighted by molar-refractivity contribution is 7.19. The van der Waals surface area contributed by atoms with Crippen molar-refractivity contribution in [3.05, 3.63) is 40.5 Å². The second kappa shape index (κ2) is 6.45. The molecule has 0 fully saturated rings. The van der Waals surface area contributed by atoms with Crippen LogP contribution in [0, 0.1) is 5.82 Å². The van der Waals surface area contributed by atoms with Crippen LogP contribution in [0.2, 0.25) is 0 Å². The standard InChI is InChI=1S/C14H16FN3O2S/c1-17-13(19)12-10(16)11(20-2)14(21-12)18-7-8-4-3-5-9(15)6-8/h3-6,18H,7,16H2,1-2H3,(H,17,19). The lowest BCUT2D eigenvalue weighted by molar-refractivity contribution is 0.0967. The van der Waals surface area contributed by atoms with Gasteiger partial charge in [0.25, 0.3) is 5.91 Å². The van der Waals surface area contributed by atoms with Crippen LogP contribution in [0.5, 0.6) is 5.75 Å². The lowest BCUT2D eigenvalue weighted by Gasteiger charge is -2.07. The maximum absolute atomic E-state index is 13.1. The molecule has 4 N–H and O–H groups in total. The topological polar surface area (TPSA) is 76.4 Å². The van der Waals surface area contributed by atoms with Crippen LogP contribution in [0.15, 0.2) is 24.3 Å². The molecule has 0 unspecified atom stereocenters. The number of carbonyl (C=O) groups excluding carboxylic acids is 1. The summed E-state index contributed by atoms with van der Waals surface area (Å²) < 4.78 is 18.4. The molecule has 1 aromatic heterocycles. The van der Waals surface area contributed by atoms with Gasteiger partial charge >= 0.3 is 0 Å². The number of halogens is 1. The number of hydrogen-bond donors (Lipinski definition) is 3. The van der Waals surface area contributed by atoms with Crippen molar-refractivity contribution in [2.75, 3.05) is 25.2 Å². The fraction of sp³-hybridized carbons (Fsp3) is 0.214. The van der Waals surface area contributed by atoms with Gasteiger partial charge in [-0.25, -0.2) is 4.39 Å². The van der Waals surface area contributed by atoms with Gasteiger partial charge in [-0.05, 0) is 17.7 Å². The molecule has 0 aliphatic heterocycles. The van der Waals surface area contributed by atoms with E-state index in [0.717, 1.165) is 5.56 Å². The number of amides is 1. The first kappa shape index (κ1) is 15.1. The first-order valence-electron chi connectivity index (χ1n) is 6.23. The van der Waals surface area contributed by atoms with E-state index < -0.39 is 0 Å². The van der Waals surface area contributed by atoms with Crippen LogP contribution in [0.4, 0.5) is 15.1 Å². The van der Waals surface area contributed by atoms with E-state index >= 15 is 0 Å². The lowest BCUT2D eigenvalue weighted by Crippen LogP contribution is -2.17. The minimum absolute atomic E-state index is 0.269. The third-order valence-corrected chi connectivity index (χ3v) is 4.02. The Hall–Kier alpha value is -2.28. The zero-order valence-corrected chi connectivity index (χ0v) is 12.5. The van der Waals surface area contributed by atoms with Crippen LogP contribution in [-0.4, -0.2) is 20.1 Å². The highest BCUT2D eigenvalue weighted by atomic mass is 32.1. The molecule has 0 saturated carbocycles. The summed E-state index contributed by atoms with van der Waals surface area (Å²) in [6, 6.07) is 6.27. The van der Waals surface area contributed by atoms with Crippen LogP contribution in [0.25, 0.3) is 0 Å². The summed E-state index contributed by atoms with van der Waals surface area (Å²) in [7, 11) is 3.02. The van der Waals surface area contributed by atoms with Crippen LogP contribution in [0.1, 0.15) is 15.2 Å². The Morgan fingerprint density at radius 2 is 2.24 bits per heavy atom. The fourth-order valence-electron chi connectivity index (χ4n) is 1.86. The second-order valence-corrected chi connectivity index (χ2v) is 5.29. The Morgan fingerprint density at radius 1 is 1.48 bits per heavy atom. The van der Waals surface area contributed by atoms with Crippen molar-refractivity contribution in [1.82, 2.24) is 5.32 Å². The smallest absolute Gasteiger partial charge is 0.263 e. The van der Waals surface area contributed by atoms with E-state index in [-0.39, 0.29) is 11.7 Å². The van der Waals surface area contributed by atoms with E-state index in [9.17, 15) is 9.18 Å². The summed E-state index contributed by atoms with van der Waals surface area (Å²) in [4.78, 5) is 12.1. The number of thiophene rings is 1. The molecule has 0 radical (unpaired) electrons. The highest BCUT2D eigenvalue weighted by Gasteiger charge is 2.20. The Kier molecular flexibility index (Phi) is 4.64. The normalized spacial score (nSPS) is 10.2. The predicted octanol–water partition coefficient (Wildman–Crippen LogP) is 2.45. The van der Waals surface area contributed by atoms with E-state index in [1.54, 1.807) is 12.1 Å². The van der Waals surface area contributed by atoms with Gasteiger partial charge in [-0.3, -0.25) is 4.79 Å². The van der Waals surface area contributed by atoms with Crippen LogP contribution >= 0.6 is 11.3 Å². The number of rotatable bonds is 5. The SMILES string of the molecule is CNC(=O)c1sc(NCc2cccc(F)c2)c(OC)c1N. The molecule has 0 spiro atoms. The molecule has 0 atom stereocenters. The molecule has 2 aromatic rings. The Balaban J connectivity index is 2.21. The molecular formula is C14H16FN3O2S. The Labute approximate surface area is 125 Å². The molecule has 7 heteroatoms. The molecule has 2 rings (SSSR count). The van der Waals surface area contributed by atoms with Gasteiger partial charge in [0.1, 0.15) is 21.4 Å². The summed E-state index contributed by atoms with van der Waals surface area (Å²) in [5.74, 6) is -0.136. The van der Waals surface area contributed by atoms with E-state index in [1.165, 1.54) is 37.6 Å². The van der Waals surface area contributed by atoms with Crippen molar-refractivity contribution >= 4 is 27.9 Å². The minimum atomic E-state index is -0.294. The van der Waals surface area contributed by atoms with Gasteiger partial charge in [-0.2, -0.15) is 0 Å². The number of nitrogens with two attached hydrogens (primary N) is 1. The Morgan fingerprint density at radius 3 is 2.86 bits per heavy atom.